The van der Waals surface area contributed by atoms with Gasteiger partial charge in [0, 0.05) is 68.2 Å². The highest BCUT2D eigenvalue weighted by Gasteiger charge is 2.32. The first-order chi connectivity index (χ1) is 16.0. The van der Waals surface area contributed by atoms with E-state index in [9.17, 15) is 9.18 Å². The molecule has 3 aliphatic heterocycles. The number of benzene rings is 2. The number of nitrogens with one attached hydrogen (secondary N) is 1. The molecule has 1 fully saturated rings. The van der Waals surface area contributed by atoms with Crippen molar-refractivity contribution in [3.05, 3.63) is 64.5 Å². The van der Waals surface area contributed by atoms with Crippen molar-refractivity contribution in [3.8, 4) is 0 Å². The molecule has 0 atom stereocenters. The van der Waals surface area contributed by atoms with Gasteiger partial charge in [-0.05, 0) is 44.3 Å². The molecule has 0 unspecified atom stereocenters. The Bertz CT molecular complexity index is 1090. The van der Waals surface area contributed by atoms with Crippen molar-refractivity contribution >= 4 is 22.9 Å². The molecule has 0 saturated carbocycles. The first kappa shape index (κ1) is 22.1. The van der Waals surface area contributed by atoms with Gasteiger partial charge in [-0.3, -0.25) is 9.69 Å². The third kappa shape index (κ3) is 4.67. The Morgan fingerprint density at radius 1 is 1.00 bits per heavy atom. The minimum absolute atomic E-state index is 0.243. The quantitative estimate of drug-likeness (QED) is 0.686. The topological polar surface area (TPSA) is 48.1 Å². The van der Waals surface area contributed by atoms with Gasteiger partial charge in [0.25, 0.3) is 5.91 Å². The minimum atomic E-state index is -0.365. The second-order valence-corrected chi connectivity index (χ2v) is 9.36. The molecule has 3 aliphatic rings. The number of ether oxygens (including phenoxy) is 1. The number of likely N-dealkylation sites (N-methyl/N-ethyl adjacent to an activating group) is 1. The number of fused-ring (bicyclic) bond motifs is 2. The summed E-state index contributed by atoms with van der Waals surface area (Å²) in [4.78, 5) is 19.9. The molecular weight excluding hydrogens is 419 g/mol. The van der Waals surface area contributed by atoms with Crippen molar-refractivity contribution in [3.63, 3.8) is 0 Å². The van der Waals surface area contributed by atoms with Crippen LogP contribution in [0, 0.1) is 5.82 Å². The van der Waals surface area contributed by atoms with Crippen LogP contribution in [0.15, 0.2) is 36.4 Å². The van der Waals surface area contributed by atoms with E-state index in [1.807, 2.05) is 6.07 Å². The van der Waals surface area contributed by atoms with Gasteiger partial charge in [0.15, 0.2) is 0 Å². The van der Waals surface area contributed by atoms with Crippen LogP contribution in [0.2, 0.25) is 0 Å². The molecular formula is C26H31FN4O2. The Labute approximate surface area is 194 Å². The van der Waals surface area contributed by atoms with Gasteiger partial charge in [-0.25, -0.2) is 4.39 Å². The highest BCUT2D eigenvalue weighted by Crippen LogP contribution is 2.41. The van der Waals surface area contributed by atoms with E-state index in [4.69, 9.17) is 4.74 Å². The zero-order valence-corrected chi connectivity index (χ0v) is 19.4. The molecule has 0 bridgehead atoms. The van der Waals surface area contributed by atoms with Gasteiger partial charge in [-0.1, -0.05) is 18.2 Å². The summed E-state index contributed by atoms with van der Waals surface area (Å²) in [6, 6.07) is 10.7. The zero-order valence-electron chi connectivity index (χ0n) is 19.4. The maximum atomic E-state index is 13.8. The van der Waals surface area contributed by atoms with Gasteiger partial charge in [-0.2, -0.15) is 0 Å². The van der Waals surface area contributed by atoms with Crippen LogP contribution >= 0.6 is 0 Å². The first-order valence-electron chi connectivity index (χ1n) is 11.7. The summed E-state index contributed by atoms with van der Waals surface area (Å²) in [5, 5.41) is 2.81. The van der Waals surface area contributed by atoms with Gasteiger partial charge in [0.1, 0.15) is 18.2 Å². The van der Waals surface area contributed by atoms with Crippen molar-refractivity contribution in [2.24, 2.45) is 0 Å². The Morgan fingerprint density at radius 3 is 2.52 bits per heavy atom. The summed E-state index contributed by atoms with van der Waals surface area (Å²) in [5.74, 6) is -0.0602. The Hall–Kier alpha value is -2.74. The van der Waals surface area contributed by atoms with Crippen LogP contribution in [0.25, 0.3) is 11.3 Å². The molecule has 3 heterocycles. The lowest BCUT2D eigenvalue weighted by atomic mass is 9.98. The van der Waals surface area contributed by atoms with Crippen LogP contribution in [-0.4, -0.2) is 80.5 Å². The van der Waals surface area contributed by atoms with Crippen molar-refractivity contribution in [1.82, 2.24) is 14.7 Å². The molecule has 0 spiro atoms. The van der Waals surface area contributed by atoms with E-state index in [0.717, 1.165) is 63.4 Å². The number of rotatable bonds is 6. The predicted molar refractivity (Wildman–Crippen MR) is 128 cm³/mol. The first-order valence-corrected chi connectivity index (χ1v) is 11.7. The van der Waals surface area contributed by atoms with Crippen LogP contribution < -0.4 is 5.32 Å². The Kier molecular flexibility index (Phi) is 6.19. The highest BCUT2D eigenvalue weighted by molar-refractivity contribution is 6.36. The third-order valence-electron chi connectivity index (χ3n) is 6.78. The summed E-state index contributed by atoms with van der Waals surface area (Å²) in [6.07, 6.45) is 0.991. The third-order valence-corrected chi connectivity index (χ3v) is 6.78. The summed E-state index contributed by atoms with van der Waals surface area (Å²) in [6.45, 7) is 8.22. The fraction of sp³-hybridized carbons (Fsp3) is 0.423. The summed E-state index contributed by atoms with van der Waals surface area (Å²) < 4.78 is 19.8. The van der Waals surface area contributed by atoms with Crippen LogP contribution in [0.3, 0.4) is 0 Å². The summed E-state index contributed by atoms with van der Waals surface area (Å²) in [5.41, 5.74) is 4.90. The number of carbonyl (C=O) groups is 1. The maximum Gasteiger partial charge on any atom is 0.260 e. The summed E-state index contributed by atoms with van der Waals surface area (Å²) in [7, 11) is 4.25. The Morgan fingerprint density at radius 2 is 1.76 bits per heavy atom. The van der Waals surface area contributed by atoms with E-state index in [-0.39, 0.29) is 11.7 Å². The van der Waals surface area contributed by atoms with Crippen LogP contribution in [0.4, 0.5) is 10.1 Å². The molecule has 1 amide bonds. The van der Waals surface area contributed by atoms with Gasteiger partial charge in [-0.15, -0.1) is 0 Å². The molecule has 0 aliphatic carbocycles. The predicted octanol–water partition coefficient (Wildman–Crippen LogP) is 2.90. The van der Waals surface area contributed by atoms with Gasteiger partial charge in [0.05, 0.1) is 5.57 Å². The number of piperazine rings is 1. The molecule has 5 rings (SSSR count). The lowest BCUT2D eigenvalue weighted by Crippen LogP contribution is -2.48. The minimum Gasteiger partial charge on any atom is -0.487 e. The number of anilines is 1. The maximum absolute atomic E-state index is 13.8. The van der Waals surface area contributed by atoms with Crippen LogP contribution in [-0.2, 0) is 22.6 Å². The van der Waals surface area contributed by atoms with Crippen LogP contribution in [0.1, 0.15) is 22.3 Å². The molecule has 6 nitrogen and oxygen atoms in total. The molecule has 1 N–H and O–H groups in total. The molecule has 174 valence electrons. The van der Waals surface area contributed by atoms with Crippen molar-refractivity contribution in [2.45, 2.75) is 13.0 Å². The molecule has 2 aromatic rings. The van der Waals surface area contributed by atoms with E-state index < -0.39 is 0 Å². The zero-order chi connectivity index (χ0) is 22.9. The van der Waals surface area contributed by atoms with E-state index in [2.05, 4.69) is 46.2 Å². The van der Waals surface area contributed by atoms with Crippen molar-refractivity contribution in [1.29, 1.82) is 0 Å². The molecule has 33 heavy (non-hydrogen) atoms. The smallest absolute Gasteiger partial charge is 0.260 e. The molecule has 0 aromatic heterocycles. The van der Waals surface area contributed by atoms with Crippen LogP contribution in [0.5, 0.6) is 0 Å². The highest BCUT2D eigenvalue weighted by atomic mass is 19.1. The molecule has 0 radical (unpaired) electrons. The van der Waals surface area contributed by atoms with Crippen molar-refractivity contribution in [2.75, 3.05) is 65.2 Å². The van der Waals surface area contributed by atoms with Gasteiger partial charge < -0.3 is 19.9 Å². The fourth-order valence-corrected chi connectivity index (χ4v) is 4.81. The van der Waals surface area contributed by atoms with Gasteiger partial charge >= 0.3 is 0 Å². The largest absolute Gasteiger partial charge is 0.487 e. The number of hydrogen-bond donors (Lipinski definition) is 1. The van der Waals surface area contributed by atoms with Crippen molar-refractivity contribution < 1.29 is 13.9 Å². The monoisotopic (exact) mass is 450 g/mol. The molecule has 1 saturated heterocycles. The average molecular weight is 451 g/mol. The standard InChI is InChI=1S/C26H31FN4O2/c1-29(2)9-10-31-13-11-30(12-14-31)8-7-18-3-5-21-19(15-18)17-33-25(21)24-22-16-20(27)4-6-23(22)28-26(24)32/h3-6,15-16H,7-14,17H2,1-2H3,(H,28,32)/b25-24+. The van der Waals surface area contributed by atoms with E-state index >= 15 is 0 Å². The normalized spacial score (nSPS) is 20.7. The lowest BCUT2D eigenvalue weighted by molar-refractivity contribution is -0.110. The lowest BCUT2D eigenvalue weighted by Gasteiger charge is -2.35. The molecule has 7 heteroatoms. The number of amides is 1. The van der Waals surface area contributed by atoms with E-state index in [1.165, 1.54) is 17.7 Å². The Balaban J connectivity index is 1.24. The average Bonchev–Trinajstić information content (AvgIpc) is 3.35. The second-order valence-electron chi connectivity index (χ2n) is 9.36. The SMILES string of the molecule is CN(C)CCN1CCN(CCc2ccc3c(c2)CO/C3=C2/C(=O)Nc3ccc(F)cc32)CC1. The van der Waals surface area contributed by atoms with E-state index in [0.29, 0.717) is 29.2 Å². The number of hydrogen-bond acceptors (Lipinski definition) is 5. The second kappa shape index (κ2) is 9.25. The number of carbonyl (C=O) groups excluding carboxylic acids is 1. The molecule has 2 aromatic carbocycles. The summed E-state index contributed by atoms with van der Waals surface area (Å²) >= 11 is 0. The number of halogens is 1. The van der Waals surface area contributed by atoms with E-state index in [1.54, 1.807) is 6.07 Å². The fourth-order valence-electron chi connectivity index (χ4n) is 4.81. The number of nitrogens with zero attached hydrogens (tertiary/aromatic N) is 3. The van der Waals surface area contributed by atoms with Gasteiger partial charge in [0.2, 0.25) is 0 Å².